The molecule has 0 bridgehead atoms. The molecule has 1 radical (unpaired) electrons. The lowest BCUT2D eigenvalue weighted by atomic mass is 9.87. The van der Waals surface area contributed by atoms with Crippen molar-refractivity contribution in [2.45, 2.75) is 52.0 Å². The highest BCUT2D eigenvalue weighted by Crippen LogP contribution is 2.20. The molecule has 3 heteroatoms. The van der Waals surface area contributed by atoms with Gasteiger partial charge in [-0.1, -0.05) is 88.7 Å². The number of hydrogen-bond donors (Lipinski definition) is 1. The van der Waals surface area contributed by atoms with Gasteiger partial charge in [0, 0.05) is 12.6 Å². The third-order valence-electron chi connectivity index (χ3n) is 4.15. The number of rotatable bonds is 7. The van der Waals surface area contributed by atoms with Crippen LogP contribution in [0.15, 0.2) is 54.6 Å². The molecular formula is C21H30NOSi. The minimum atomic E-state index is -1.25. The third kappa shape index (κ3) is 5.30. The summed E-state index contributed by atoms with van der Waals surface area (Å²) in [5, 5.41) is 2.55. The first-order chi connectivity index (χ1) is 11.4. The van der Waals surface area contributed by atoms with Gasteiger partial charge in [-0.25, -0.2) is 0 Å². The lowest BCUT2D eigenvalue weighted by Gasteiger charge is -2.22. The van der Waals surface area contributed by atoms with Crippen LogP contribution in [0.3, 0.4) is 0 Å². The highest BCUT2D eigenvalue weighted by molar-refractivity contribution is 6.80. The standard InChI is InChI=1S/C21H30NOSi/c1-5-9-18(22)16-23-24(19-10-7-6-8-11-19)20-14-12-17(13-15-20)21(2,3)4/h6-8,10-15,18H,5,9,16,22H2,1-4H3. The molecule has 129 valence electrons. The smallest absolute Gasteiger partial charge is 0.282 e. The van der Waals surface area contributed by atoms with Crippen molar-refractivity contribution < 1.29 is 4.43 Å². The van der Waals surface area contributed by atoms with Crippen molar-refractivity contribution >= 4 is 19.4 Å². The van der Waals surface area contributed by atoms with Gasteiger partial charge in [-0.15, -0.1) is 0 Å². The van der Waals surface area contributed by atoms with Crippen LogP contribution in [0.5, 0.6) is 0 Å². The Bertz CT molecular complexity index is 604. The van der Waals surface area contributed by atoms with E-state index in [2.05, 4.69) is 82.3 Å². The quantitative estimate of drug-likeness (QED) is 0.786. The van der Waals surface area contributed by atoms with E-state index < -0.39 is 9.04 Å². The Labute approximate surface area is 148 Å². The Kier molecular flexibility index (Phi) is 6.78. The highest BCUT2D eigenvalue weighted by atomic mass is 28.3. The molecule has 0 saturated carbocycles. The molecule has 2 N–H and O–H groups in total. The molecule has 2 aromatic rings. The third-order valence-corrected chi connectivity index (χ3v) is 6.32. The number of benzene rings is 2. The highest BCUT2D eigenvalue weighted by Gasteiger charge is 2.21. The Morgan fingerprint density at radius 2 is 1.54 bits per heavy atom. The fraction of sp³-hybridized carbons (Fsp3) is 0.429. The summed E-state index contributed by atoms with van der Waals surface area (Å²) in [5.41, 5.74) is 7.68. The molecule has 0 aliphatic carbocycles. The zero-order valence-corrected chi connectivity index (χ0v) is 16.4. The van der Waals surface area contributed by atoms with Crippen LogP contribution >= 0.6 is 0 Å². The molecule has 2 nitrogen and oxygen atoms in total. The summed E-state index contributed by atoms with van der Waals surface area (Å²) in [6, 6.07) is 19.6. The van der Waals surface area contributed by atoms with E-state index >= 15 is 0 Å². The van der Waals surface area contributed by atoms with Gasteiger partial charge in [-0.2, -0.15) is 0 Å². The Morgan fingerprint density at radius 3 is 2.08 bits per heavy atom. The SMILES string of the molecule is CCCC(N)CO[Si](c1ccccc1)c1ccc(C(C)(C)C)cc1. The van der Waals surface area contributed by atoms with Crippen molar-refractivity contribution in [1.82, 2.24) is 0 Å². The summed E-state index contributed by atoms with van der Waals surface area (Å²) >= 11 is 0. The molecule has 0 saturated heterocycles. The van der Waals surface area contributed by atoms with Crippen molar-refractivity contribution in [1.29, 1.82) is 0 Å². The molecule has 24 heavy (non-hydrogen) atoms. The van der Waals surface area contributed by atoms with Crippen LogP contribution in [0.2, 0.25) is 0 Å². The van der Waals surface area contributed by atoms with E-state index in [9.17, 15) is 0 Å². The van der Waals surface area contributed by atoms with Crippen molar-refractivity contribution in [3.63, 3.8) is 0 Å². The molecule has 0 aliphatic heterocycles. The topological polar surface area (TPSA) is 35.2 Å². The van der Waals surface area contributed by atoms with Crippen LogP contribution < -0.4 is 16.1 Å². The first kappa shape index (κ1) is 18.9. The average molecular weight is 341 g/mol. The van der Waals surface area contributed by atoms with E-state index in [0.717, 1.165) is 12.8 Å². The van der Waals surface area contributed by atoms with E-state index in [1.54, 1.807) is 0 Å². The van der Waals surface area contributed by atoms with Crippen molar-refractivity contribution in [3.05, 3.63) is 60.2 Å². The van der Waals surface area contributed by atoms with Crippen LogP contribution in [-0.4, -0.2) is 21.7 Å². The van der Waals surface area contributed by atoms with Gasteiger partial charge in [0.15, 0.2) is 0 Å². The summed E-state index contributed by atoms with van der Waals surface area (Å²) in [5.74, 6) is 0. The maximum Gasteiger partial charge on any atom is 0.282 e. The minimum Gasteiger partial charge on any atom is -0.406 e. The zero-order valence-electron chi connectivity index (χ0n) is 15.4. The van der Waals surface area contributed by atoms with E-state index in [1.165, 1.54) is 15.9 Å². The second-order valence-corrected chi connectivity index (χ2v) is 9.48. The predicted octanol–water partition coefficient (Wildman–Crippen LogP) is 3.23. The zero-order chi connectivity index (χ0) is 17.6. The van der Waals surface area contributed by atoms with Gasteiger partial charge >= 0.3 is 0 Å². The molecule has 1 unspecified atom stereocenters. The van der Waals surface area contributed by atoms with Crippen molar-refractivity contribution in [2.75, 3.05) is 6.61 Å². The second-order valence-electron chi connectivity index (χ2n) is 7.38. The summed E-state index contributed by atoms with van der Waals surface area (Å²) < 4.78 is 6.33. The first-order valence-electron chi connectivity index (χ1n) is 8.83. The van der Waals surface area contributed by atoms with E-state index in [1.807, 2.05) is 0 Å². The van der Waals surface area contributed by atoms with E-state index in [-0.39, 0.29) is 11.5 Å². The monoisotopic (exact) mass is 340 g/mol. The summed E-state index contributed by atoms with van der Waals surface area (Å²) in [6.07, 6.45) is 2.10. The van der Waals surface area contributed by atoms with Gasteiger partial charge in [0.2, 0.25) is 0 Å². The van der Waals surface area contributed by atoms with Gasteiger partial charge in [0.05, 0.1) is 0 Å². The minimum absolute atomic E-state index is 0.118. The molecule has 2 rings (SSSR count). The molecule has 0 amide bonds. The molecular weight excluding hydrogens is 310 g/mol. The van der Waals surface area contributed by atoms with Crippen LogP contribution in [0, 0.1) is 0 Å². The maximum atomic E-state index is 6.33. The molecule has 1 atom stereocenters. The molecule has 2 aromatic carbocycles. The molecule has 0 fully saturated rings. The normalized spacial score (nSPS) is 13.2. The van der Waals surface area contributed by atoms with E-state index in [4.69, 9.17) is 10.2 Å². The lowest BCUT2D eigenvalue weighted by molar-refractivity contribution is 0.293. The Hall–Kier alpha value is -1.42. The fourth-order valence-corrected chi connectivity index (χ4v) is 4.70. The predicted molar refractivity (Wildman–Crippen MR) is 105 cm³/mol. The fourth-order valence-electron chi connectivity index (χ4n) is 2.69. The summed E-state index contributed by atoms with van der Waals surface area (Å²) in [6.45, 7) is 9.51. The van der Waals surface area contributed by atoms with Crippen molar-refractivity contribution in [2.24, 2.45) is 5.73 Å². The van der Waals surface area contributed by atoms with Crippen LogP contribution in [0.25, 0.3) is 0 Å². The van der Waals surface area contributed by atoms with Gasteiger partial charge in [-0.3, -0.25) is 0 Å². The maximum absolute atomic E-state index is 6.33. The summed E-state index contributed by atoms with van der Waals surface area (Å²) in [7, 11) is -1.25. The summed E-state index contributed by atoms with van der Waals surface area (Å²) in [4.78, 5) is 0. The Morgan fingerprint density at radius 1 is 0.958 bits per heavy atom. The van der Waals surface area contributed by atoms with Gasteiger partial charge in [-0.05, 0) is 27.8 Å². The van der Waals surface area contributed by atoms with E-state index in [0.29, 0.717) is 6.61 Å². The first-order valence-corrected chi connectivity index (χ1v) is 10.2. The van der Waals surface area contributed by atoms with Crippen LogP contribution in [0.4, 0.5) is 0 Å². The largest absolute Gasteiger partial charge is 0.406 e. The lowest BCUT2D eigenvalue weighted by Crippen LogP contribution is -2.47. The Balaban J connectivity index is 2.22. The second kappa shape index (κ2) is 8.61. The van der Waals surface area contributed by atoms with Crippen LogP contribution in [-0.2, 0) is 9.84 Å². The number of nitrogens with two attached hydrogens (primary N) is 1. The molecule has 0 aromatic heterocycles. The molecule has 0 heterocycles. The molecule has 0 aliphatic rings. The number of hydrogen-bond acceptors (Lipinski definition) is 2. The van der Waals surface area contributed by atoms with Gasteiger partial charge in [0.25, 0.3) is 9.04 Å². The average Bonchev–Trinajstić information content (AvgIpc) is 2.56. The van der Waals surface area contributed by atoms with Crippen LogP contribution in [0.1, 0.15) is 46.1 Å². The van der Waals surface area contributed by atoms with Gasteiger partial charge in [0.1, 0.15) is 0 Å². The van der Waals surface area contributed by atoms with Gasteiger partial charge < -0.3 is 10.2 Å². The van der Waals surface area contributed by atoms with Crippen molar-refractivity contribution in [3.8, 4) is 0 Å². The molecule has 0 spiro atoms.